The zero-order valence-corrected chi connectivity index (χ0v) is 17.9. The Morgan fingerprint density at radius 3 is 2.88 bits per heavy atom. The highest BCUT2D eigenvalue weighted by Gasteiger charge is 2.17. The van der Waals surface area contributed by atoms with Crippen molar-refractivity contribution in [2.24, 2.45) is 5.10 Å². The first-order valence-electron chi connectivity index (χ1n) is 10.4. The molecule has 1 aliphatic rings. The Kier molecular flexibility index (Phi) is 7.03. The highest BCUT2D eigenvalue weighted by atomic mass is 16.5. The van der Waals surface area contributed by atoms with Gasteiger partial charge in [-0.05, 0) is 36.8 Å². The van der Waals surface area contributed by atoms with Crippen molar-refractivity contribution < 1.29 is 9.47 Å². The fourth-order valence-corrected chi connectivity index (χ4v) is 3.11. The predicted octanol–water partition coefficient (Wildman–Crippen LogP) is 2.06. The van der Waals surface area contributed by atoms with Crippen LogP contribution in [0.25, 0.3) is 0 Å². The number of nitrogen functional groups attached to an aromatic ring is 1. The molecule has 0 radical (unpaired) electrons. The van der Waals surface area contributed by atoms with Crippen LogP contribution in [-0.2, 0) is 11.2 Å². The molecule has 1 fully saturated rings. The third-order valence-corrected chi connectivity index (χ3v) is 4.80. The highest BCUT2D eigenvalue weighted by Crippen LogP contribution is 2.19. The van der Waals surface area contributed by atoms with Crippen molar-refractivity contribution in [3.63, 3.8) is 0 Å². The number of benzene rings is 1. The summed E-state index contributed by atoms with van der Waals surface area (Å²) in [7, 11) is 0. The number of nitrogens with two attached hydrogens (primary N) is 1. The number of nitrogens with zero attached hydrogens (tertiary/aromatic N) is 6. The molecular formula is C22H26N8O2. The molecule has 1 aromatic carbocycles. The smallest absolute Gasteiger partial charge is 0.321 e. The van der Waals surface area contributed by atoms with Crippen LogP contribution in [0.2, 0.25) is 0 Å². The molecule has 4 rings (SSSR count). The Morgan fingerprint density at radius 2 is 2.06 bits per heavy atom. The van der Waals surface area contributed by atoms with Crippen LogP contribution < -0.4 is 20.8 Å². The van der Waals surface area contributed by atoms with E-state index in [9.17, 15) is 0 Å². The Bertz CT molecular complexity index is 1060. The summed E-state index contributed by atoms with van der Waals surface area (Å²) in [5.41, 5.74) is 12.3. The summed E-state index contributed by atoms with van der Waals surface area (Å²) in [6.07, 6.45) is 3.94. The van der Waals surface area contributed by atoms with Crippen molar-refractivity contribution >= 4 is 23.5 Å². The number of aromatic nitrogens is 4. The van der Waals surface area contributed by atoms with Gasteiger partial charge in [-0.1, -0.05) is 12.1 Å². The van der Waals surface area contributed by atoms with E-state index in [1.165, 1.54) is 6.21 Å². The third-order valence-electron chi connectivity index (χ3n) is 4.80. The Morgan fingerprint density at radius 1 is 1.19 bits per heavy atom. The number of ether oxygens (including phenoxy) is 2. The summed E-state index contributed by atoms with van der Waals surface area (Å²) in [5, 5.41) is 4.25. The number of nitrogens with one attached hydrogen (secondary N) is 1. The van der Waals surface area contributed by atoms with Crippen LogP contribution in [0.1, 0.15) is 17.1 Å². The van der Waals surface area contributed by atoms with E-state index in [1.807, 2.05) is 48.2 Å². The average molecular weight is 435 g/mol. The summed E-state index contributed by atoms with van der Waals surface area (Å²) in [6.45, 7) is 5.04. The Balaban J connectivity index is 1.49. The van der Waals surface area contributed by atoms with Gasteiger partial charge in [0.1, 0.15) is 0 Å². The van der Waals surface area contributed by atoms with Gasteiger partial charge in [0.05, 0.1) is 37.4 Å². The van der Waals surface area contributed by atoms with Gasteiger partial charge in [-0.15, -0.1) is 0 Å². The average Bonchev–Trinajstić information content (AvgIpc) is 2.82. The first kappa shape index (κ1) is 21.4. The number of anilines is 3. The minimum absolute atomic E-state index is 0.244. The summed E-state index contributed by atoms with van der Waals surface area (Å²) in [5.74, 6) is 0.917. The summed E-state index contributed by atoms with van der Waals surface area (Å²) in [4.78, 5) is 19.7. The molecule has 0 aliphatic carbocycles. The minimum atomic E-state index is 0.244. The van der Waals surface area contributed by atoms with Crippen LogP contribution in [0.4, 0.5) is 17.3 Å². The van der Waals surface area contributed by atoms with Gasteiger partial charge in [0.15, 0.2) is 5.82 Å². The van der Waals surface area contributed by atoms with Gasteiger partial charge in [0.2, 0.25) is 5.95 Å². The number of rotatable bonds is 8. The number of morpholine rings is 1. The molecule has 10 heteroatoms. The zero-order valence-electron chi connectivity index (χ0n) is 17.9. The number of pyridine rings is 1. The topological polar surface area (TPSA) is 124 Å². The van der Waals surface area contributed by atoms with Gasteiger partial charge in [-0.3, -0.25) is 10.4 Å². The van der Waals surface area contributed by atoms with E-state index in [4.69, 9.17) is 15.2 Å². The molecule has 3 N–H and O–H groups in total. The predicted molar refractivity (Wildman–Crippen MR) is 123 cm³/mol. The van der Waals surface area contributed by atoms with Gasteiger partial charge < -0.3 is 20.1 Å². The molecule has 0 spiro atoms. The fraction of sp³-hybridized carbons (Fsp3) is 0.318. The second kappa shape index (κ2) is 10.5. The lowest BCUT2D eigenvalue weighted by molar-refractivity contribution is 0.122. The van der Waals surface area contributed by atoms with Gasteiger partial charge in [-0.2, -0.15) is 20.1 Å². The monoisotopic (exact) mass is 434 g/mol. The number of hydrazone groups is 1. The molecule has 1 aliphatic heterocycles. The van der Waals surface area contributed by atoms with E-state index in [-0.39, 0.29) is 6.01 Å². The summed E-state index contributed by atoms with van der Waals surface area (Å²) >= 11 is 0. The summed E-state index contributed by atoms with van der Waals surface area (Å²) < 4.78 is 11.3. The van der Waals surface area contributed by atoms with Crippen molar-refractivity contribution in [3.05, 3.63) is 59.7 Å². The van der Waals surface area contributed by atoms with Gasteiger partial charge in [0.25, 0.3) is 0 Å². The molecule has 3 heterocycles. The van der Waals surface area contributed by atoms with E-state index in [0.717, 1.165) is 16.9 Å². The molecule has 32 heavy (non-hydrogen) atoms. The molecule has 0 amide bonds. The molecule has 2 aromatic heterocycles. The summed E-state index contributed by atoms with van der Waals surface area (Å²) in [6, 6.07) is 11.7. The van der Waals surface area contributed by atoms with Crippen LogP contribution in [0.3, 0.4) is 0 Å². The maximum Gasteiger partial charge on any atom is 0.321 e. The van der Waals surface area contributed by atoms with E-state index < -0.39 is 0 Å². The molecule has 3 aromatic rings. The van der Waals surface area contributed by atoms with Crippen LogP contribution in [0.15, 0.2) is 47.7 Å². The van der Waals surface area contributed by atoms with Crippen LogP contribution in [0, 0.1) is 6.92 Å². The second-order valence-electron chi connectivity index (χ2n) is 7.26. The Labute approximate surface area is 186 Å². The van der Waals surface area contributed by atoms with Gasteiger partial charge in [0, 0.05) is 31.4 Å². The third kappa shape index (κ3) is 5.88. The van der Waals surface area contributed by atoms with Crippen LogP contribution >= 0.6 is 0 Å². The quantitative estimate of drug-likeness (QED) is 0.311. The minimum Gasteiger partial charge on any atom is -0.463 e. The van der Waals surface area contributed by atoms with Crippen molar-refractivity contribution in [1.82, 2.24) is 19.9 Å². The van der Waals surface area contributed by atoms with E-state index in [0.29, 0.717) is 56.8 Å². The molecule has 0 bridgehead atoms. The number of hydrogen-bond acceptors (Lipinski definition) is 10. The molecule has 0 saturated carbocycles. The van der Waals surface area contributed by atoms with Gasteiger partial charge >= 0.3 is 6.01 Å². The zero-order chi connectivity index (χ0) is 22.2. The number of aryl methyl sites for hydroxylation is 1. The maximum absolute atomic E-state index is 6.00. The fourth-order valence-electron chi connectivity index (χ4n) is 3.11. The van der Waals surface area contributed by atoms with E-state index in [1.54, 1.807) is 6.20 Å². The first-order valence-corrected chi connectivity index (χ1v) is 10.4. The molecule has 166 valence electrons. The standard InChI is InChI=1S/C22H26N8O2/c1-16-5-6-18(23)19(14-16)29-25-15-20-26-21(30-9-12-31-13-10-30)28-22(27-20)32-11-7-17-4-2-3-8-24-17/h2-6,8,14-15,29H,7,9-13,23H2,1H3/b25-15+. The SMILES string of the molecule is Cc1ccc(N)c(N/N=C/c2nc(OCCc3ccccn3)nc(N3CCOCC3)n2)c1. The Hall–Kier alpha value is -3.79. The lowest BCUT2D eigenvalue weighted by atomic mass is 10.2. The van der Waals surface area contributed by atoms with E-state index >= 15 is 0 Å². The second-order valence-corrected chi connectivity index (χ2v) is 7.26. The normalized spacial score (nSPS) is 14.0. The highest BCUT2D eigenvalue weighted by molar-refractivity contribution is 5.77. The van der Waals surface area contributed by atoms with E-state index in [2.05, 4.69) is 30.5 Å². The van der Waals surface area contributed by atoms with Gasteiger partial charge in [-0.25, -0.2) is 0 Å². The van der Waals surface area contributed by atoms with Crippen molar-refractivity contribution in [2.45, 2.75) is 13.3 Å². The molecular weight excluding hydrogens is 408 g/mol. The van der Waals surface area contributed by atoms with Crippen molar-refractivity contribution in [2.75, 3.05) is 49.0 Å². The van der Waals surface area contributed by atoms with Crippen molar-refractivity contribution in [1.29, 1.82) is 0 Å². The largest absolute Gasteiger partial charge is 0.463 e. The first-order chi connectivity index (χ1) is 15.7. The molecule has 10 nitrogen and oxygen atoms in total. The van der Waals surface area contributed by atoms with Crippen LogP contribution in [-0.4, -0.2) is 59.1 Å². The lowest BCUT2D eigenvalue weighted by Crippen LogP contribution is -2.37. The van der Waals surface area contributed by atoms with Crippen molar-refractivity contribution in [3.8, 4) is 6.01 Å². The molecule has 1 saturated heterocycles. The van der Waals surface area contributed by atoms with Crippen LogP contribution in [0.5, 0.6) is 6.01 Å². The maximum atomic E-state index is 6.00. The molecule has 0 unspecified atom stereocenters. The molecule has 0 atom stereocenters. The number of hydrogen-bond donors (Lipinski definition) is 2. The lowest BCUT2D eigenvalue weighted by Gasteiger charge is -2.26.